The fraction of sp³-hybridized carbons (Fsp3) is 0.571. The average Bonchev–Trinajstić information content (AvgIpc) is 3.10. The number of fused-ring (bicyclic) bond motifs is 1. The highest BCUT2D eigenvalue weighted by molar-refractivity contribution is 5.75. The fourth-order valence-corrected chi connectivity index (χ4v) is 2.52. The number of carbonyl (C=O) groups is 1. The second kappa shape index (κ2) is 6.27. The van der Waals surface area contributed by atoms with Crippen LogP contribution in [0.25, 0.3) is 0 Å². The summed E-state index contributed by atoms with van der Waals surface area (Å²) >= 11 is 0. The van der Waals surface area contributed by atoms with Crippen molar-refractivity contribution in [3.05, 3.63) is 28.8 Å². The van der Waals surface area contributed by atoms with Crippen LogP contribution in [0.3, 0.4) is 0 Å². The third-order valence-corrected chi connectivity index (χ3v) is 3.84. The van der Waals surface area contributed by atoms with Crippen molar-refractivity contribution in [3.63, 3.8) is 0 Å². The molecule has 0 saturated heterocycles. The molecule has 0 unspecified atom stereocenters. The number of hydrogen-bond acceptors (Lipinski definition) is 6. The fourth-order valence-electron chi connectivity index (χ4n) is 2.52. The number of hydrogen-bond donors (Lipinski definition) is 1. The Morgan fingerprint density at radius 1 is 1.41 bits per heavy atom. The lowest BCUT2D eigenvalue weighted by atomic mass is 10.2. The number of carbonyl (C=O) groups excluding carboxylic acids is 1. The molecule has 0 radical (unpaired) electrons. The second-order valence-electron chi connectivity index (χ2n) is 5.49. The largest absolute Gasteiger partial charge is 0.350 e. The third kappa shape index (κ3) is 3.16. The molecular weight excluding hydrogens is 284 g/mol. The summed E-state index contributed by atoms with van der Waals surface area (Å²) < 4.78 is 6.75. The minimum absolute atomic E-state index is 0.0432. The number of aryl methyl sites for hydroxylation is 1. The van der Waals surface area contributed by atoms with E-state index >= 15 is 0 Å². The van der Waals surface area contributed by atoms with Gasteiger partial charge < -0.3 is 5.32 Å². The normalized spacial score (nSPS) is 14.8. The Hall–Kier alpha value is -2.22. The Kier molecular flexibility index (Phi) is 4.19. The highest BCUT2D eigenvalue weighted by Gasteiger charge is 2.20. The van der Waals surface area contributed by atoms with Crippen LogP contribution >= 0.6 is 0 Å². The van der Waals surface area contributed by atoms with E-state index in [0.29, 0.717) is 13.0 Å². The molecular formula is C14H20N6O2. The average molecular weight is 304 g/mol. The van der Waals surface area contributed by atoms with Gasteiger partial charge in [-0.3, -0.25) is 14.4 Å². The molecule has 1 aliphatic heterocycles. The minimum Gasteiger partial charge on any atom is -0.350 e. The number of amides is 1. The Morgan fingerprint density at radius 2 is 2.27 bits per heavy atom. The van der Waals surface area contributed by atoms with E-state index in [2.05, 4.69) is 31.7 Å². The number of nitrogens with one attached hydrogen (secondary N) is 1. The summed E-state index contributed by atoms with van der Waals surface area (Å²) in [6.45, 7) is 7.49. The molecule has 0 spiro atoms. The van der Waals surface area contributed by atoms with Crippen molar-refractivity contribution in [1.29, 1.82) is 0 Å². The van der Waals surface area contributed by atoms with Gasteiger partial charge in [-0.25, -0.2) is 4.63 Å². The molecule has 0 bridgehead atoms. The highest BCUT2D eigenvalue weighted by Crippen LogP contribution is 2.16. The molecule has 2 aromatic rings. The molecule has 3 rings (SSSR count). The summed E-state index contributed by atoms with van der Waals surface area (Å²) in [6.07, 6.45) is 0.492. The second-order valence-corrected chi connectivity index (χ2v) is 5.49. The monoisotopic (exact) mass is 304 g/mol. The van der Waals surface area contributed by atoms with E-state index in [1.807, 2.05) is 18.5 Å². The van der Waals surface area contributed by atoms with E-state index in [4.69, 9.17) is 4.63 Å². The predicted octanol–water partition coefficient (Wildman–Crippen LogP) is 0.617. The summed E-state index contributed by atoms with van der Waals surface area (Å²) in [4.78, 5) is 13.6. The van der Waals surface area contributed by atoms with E-state index in [1.165, 1.54) is 0 Å². The molecule has 2 aromatic heterocycles. The molecule has 22 heavy (non-hydrogen) atoms. The molecule has 118 valence electrons. The SMILES string of the molecule is CCC(=O)NCc1cc2n(n1)CCN(Cc1nonc1C)C2. The van der Waals surface area contributed by atoms with Crippen molar-refractivity contribution in [1.82, 2.24) is 30.3 Å². The molecule has 1 amide bonds. The Bertz CT molecular complexity index is 662. The zero-order valence-electron chi connectivity index (χ0n) is 12.9. The zero-order chi connectivity index (χ0) is 15.5. The van der Waals surface area contributed by atoms with Gasteiger partial charge in [0.25, 0.3) is 0 Å². The van der Waals surface area contributed by atoms with Gasteiger partial charge in [-0.2, -0.15) is 5.10 Å². The third-order valence-electron chi connectivity index (χ3n) is 3.84. The van der Waals surface area contributed by atoms with Crippen molar-refractivity contribution in [3.8, 4) is 0 Å². The van der Waals surface area contributed by atoms with Crippen molar-refractivity contribution >= 4 is 5.91 Å². The van der Waals surface area contributed by atoms with Crippen LogP contribution in [0.1, 0.15) is 36.1 Å². The van der Waals surface area contributed by atoms with Crippen molar-refractivity contribution in [2.75, 3.05) is 6.54 Å². The molecule has 0 fully saturated rings. The van der Waals surface area contributed by atoms with Crippen molar-refractivity contribution < 1.29 is 9.42 Å². The zero-order valence-corrected chi connectivity index (χ0v) is 12.9. The van der Waals surface area contributed by atoms with Crippen molar-refractivity contribution in [2.24, 2.45) is 0 Å². The predicted molar refractivity (Wildman–Crippen MR) is 77.5 cm³/mol. The first-order valence-electron chi connectivity index (χ1n) is 7.48. The smallest absolute Gasteiger partial charge is 0.220 e. The molecule has 0 saturated carbocycles. The first-order valence-corrected chi connectivity index (χ1v) is 7.48. The van der Waals surface area contributed by atoms with Gasteiger partial charge in [-0.1, -0.05) is 17.2 Å². The van der Waals surface area contributed by atoms with Gasteiger partial charge in [0.1, 0.15) is 11.4 Å². The van der Waals surface area contributed by atoms with Crippen LogP contribution in [0.4, 0.5) is 0 Å². The van der Waals surface area contributed by atoms with Gasteiger partial charge in [-0.05, 0) is 13.0 Å². The first kappa shape index (κ1) is 14.7. The molecule has 3 heterocycles. The molecule has 0 aliphatic carbocycles. The number of nitrogens with zero attached hydrogens (tertiary/aromatic N) is 5. The van der Waals surface area contributed by atoms with Gasteiger partial charge in [0.15, 0.2) is 0 Å². The van der Waals surface area contributed by atoms with Gasteiger partial charge in [0.2, 0.25) is 5.91 Å². The first-order chi connectivity index (χ1) is 10.7. The molecule has 0 aromatic carbocycles. The lowest BCUT2D eigenvalue weighted by Crippen LogP contribution is -2.33. The Balaban J connectivity index is 1.62. The van der Waals surface area contributed by atoms with E-state index in [9.17, 15) is 4.79 Å². The minimum atomic E-state index is 0.0432. The maximum absolute atomic E-state index is 11.3. The molecule has 1 aliphatic rings. The maximum Gasteiger partial charge on any atom is 0.220 e. The molecule has 8 nitrogen and oxygen atoms in total. The summed E-state index contributed by atoms with van der Waals surface area (Å²) in [5, 5.41) is 15.1. The topological polar surface area (TPSA) is 89.1 Å². The number of rotatable bonds is 5. The van der Waals surface area contributed by atoms with Crippen LogP contribution < -0.4 is 5.32 Å². The van der Waals surface area contributed by atoms with Crippen LogP contribution in [0, 0.1) is 6.92 Å². The van der Waals surface area contributed by atoms with E-state index in [0.717, 1.165) is 49.0 Å². The summed E-state index contributed by atoms with van der Waals surface area (Å²) in [6, 6.07) is 2.05. The Morgan fingerprint density at radius 3 is 3.00 bits per heavy atom. The van der Waals surface area contributed by atoms with Crippen LogP contribution in [-0.2, 0) is 31.0 Å². The summed E-state index contributed by atoms with van der Waals surface area (Å²) in [5.74, 6) is 0.0432. The molecule has 1 N–H and O–H groups in total. The summed E-state index contributed by atoms with van der Waals surface area (Å²) in [7, 11) is 0. The standard InChI is InChI=1S/C14H20N6O2/c1-3-14(21)15-7-11-6-12-8-19(4-5-20(12)16-11)9-13-10(2)17-22-18-13/h6H,3-5,7-9H2,1-2H3,(H,15,21). The van der Waals surface area contributed by atoms with Crippen LogP contribution in [0.2, 0.25) is 0 Å². The lowest BCUT2D eigenvalue weighted by molar-refractivity contribution is -0.120. The maximum atomic E-state index is 11.3. The highest BCUT2D eigenvalue weighted by atomic mass is 16.6. The Labute approximate surface area is 128 Å². The van der Waals surface area contributed by atoms with E-state index < -0.39 is 0 Å². The number of aromatic nitrogens is 4. The van der Waals surface area contributed by atoms with Crippen LogP contribution in [0.5, 0.6) is 0 Å². The molecule has 8 heteroatoms. The quantitative estimate of drug-likeness (QED) is 0.871. The van der Waals surface area contributed by atoms with Gasteiger partial charge in [0.05, 0.1) is 24.5 Å². The van der Waals surface area contributed by atoms with Crippen LogP contribution in [-0.4, -0.2) is 37.4 Å². The van der Waals surface area contributed by atoms with Crippen LogP contribution in [0.15, 0.2) is 10.7 Å². The lowest BCUT2D eigenvalue weighted by Gasteiger charge is -2.26. The summed E-state index contributed by atoms with van der Waals surface area (Å²) in [5.41, 5.74) is 3.77. The molecule has 0 atom stereocenters. The van der Waals surface area contributed by atoms with E-state index in [-0.39, 0.29) is 5.91 Å². The van der Waals surface area contributed by atoms with Gasteiger partial charge in [-0.15, -0.1) is 0 Å². The van der Waals surface area contributed by atoms with Crippen molar-refractivity contribution in [2.45, 2.75) is 46.4 Å². The van der Waals surface area contributed by atoms with E-state index in [1.54, 1.807) is 0 Å². The van der Waals surface area contributed by atoms with Gasteiger partial charge in [0, 0.05) is 26.1 Å². The van der Waals surface area contributed by atoms with Gasteiger partial charge >= 0.3 is 0 Å².